The fourth-order valence-corrected chi connectivity index (χ4v) is 3.63. The fourth-order valence-electron chi connectivity index (χ4n) is 2.68. The Morgan fingerprint density at radius 2 is 1.70 bits per heavy atom. The molecule has 6 nitrogen and oxygen atoms in total. The third kappa shape index (κ3) is 5.22. The molecule has 0 saturated carbocycles. The number of halogens is 1. The van der Waals surface area contributed by atoms with E-state index in [1.807, 2.05) is 48.5 Å². The minimum Gasteiger partial charge on any atom is -0.381 e. The molecular weight excluding hydrogens is 475 g/mol. The number of nitrogens with zero attached hydrogens (tertiary/aromatic N) is 4. The minimum absolute atomic E-state index is 0.115. The van der Waals surface area contributed by atoms with E-state index in [2.05, 4.69) is 45.2 Å². The standard InChI is InChI=1S/C19H21IN4O2S/c1-25-17(13-20)12-18(15-8-4-2-5-9-15)26-14-23-19(27)24(22-21-23)16-10-6-3-7-11-16/h2-11,17-18H,12-14H2,1H3/t17-,18+/m0/s1. The molecule has 1 heterocycles. The maximum Gasteiger partial charge on any atom is 0.222 e. The predicted octanol–water partition coefficient (Wildman–Crippen LogP) is 4.35. The molecule has 1 aromatic heterocycles. The van der Waals surface area contributed by atoms with Gasteiger partial charge in [0.2, 0.25) is 4.77 Å². The Kier molecular flexibility index (Phi) is 7.50. The maximum absolute atomic E-state index is 6.18. The Morgan fingerprint density at radius 3 is 2.33 bits per heavy atom. The number of tetrazole rings is 1. The molecule has 27 heavy (non-hydrogen) atoms. The summed E-state index contributed by atoms with van der Waals surface area (Å²) in [5.41, 5.74) is 1.98. The van der Waals surface area contributed by atoms with Gasteiger partial charge in [0.25, 0.3) is 0 Å². The third-order valence-electron chi connectivity index (χ3n) is 4.19. The molecule has 2 atom stereocenters. The molecule has 0 amide bonds. The SMILES string of the molecule is CO[C@H](CI)C[C@@H](OCn1nnn(-c2ccccc2)c1=S)c1ccccc1. The summed E-state index contributed by atoms with van der Waals surface area (Å²) in [6.45, 7) is 0.225. The Balaban J connectivity index is 1.76. The monoisotopic (exact) mass is 496 g/mol. The van der Waals surface area contributed by atoms with E-state index in [0.717, 1.165) is 22.1 Å². The van der Waals surface area contributed by atoms with Crippen molar-refractivity contribution in [3.05, 3.63) is 71.0 Å². The summed E-state index contributed by atoms with van der Waals surface area (Å²) in [5, 5.41) is 8.29. The number of methoxy groups -OCH3 is 1. The average Bonchev–Trinajstić information content (AvgIpc) is 3.10. The number of alkyl halides is 1. The van der Waals surface area contributed by atoms with E-state index < -0.39 is 0 Å². The lowest BCUT2D eigenvalue weighted by molar-refractivity contribution is -0.0317. The smallest absolute Gasteiger partial charge is 0.222 e. The molecule has 3 aromatic rings. The van der Waals surface area contributed by atoms with E-state index >= 15 is 0 Å². The average molecular weight is 496 g/mol. The maximum atomic E-state index is 6.18. The Labute approximate surface area is 177 Å². The van der Waals surface area contributed by atoms with Gasteiger partial charge < -0.3 is 9.47 Å². The second-order valence-electron chi connectivity index (χ2n) is 5.95. The zero-order valence-corrected chi connectivity index (χ0v) is 17.9. The summed E-state index contributed by atoms with van der Waals surface area (Å²) in [7, 11) is 1.73. The van der Waals surface area contributed by atoms with E-state index in [0.29, 0.717) is 4.77 Å². The van der Waals surface area contributed by atoms with Crippen LogP contribution in [0.25, 0.3) is 5.69 Å². The molecule has 0 aliphatic heterocycles. The lowest BCUT2D eigenvalue weighted by atomic mass is 10.0. The van der Waals surface area contributed by atoms with Gasteiger partial charge in [0, 0.05) is 18.0 Å². The molecule has 0 spiro atoms. The van der Waals surface area contributed by atoms with Crippen LogP contribution in [0.15, 0.2) is 60.7 Å². The highest BCUT2D eigenvalue weighted by molar-refractivity contribution is 14.1. The normalized spacial score (nSPS) is 13.4. The van der Waals surface area contributed by atoms with Crippen LogP contribution in [0.1, 0.15) is 18.1 Å². The van der Waals surface area contributed by atoms with Crippen LogP contribution in [0.4, 0.5) is 0 Å². The number of ether oxygens (including phenoxy) is 2. The molecule has 8 heteroatoms. The van der Waals surface area contributed by atoms with Crippen LogP contribution in [-0.4, -0.2) is 37.4 Å². The first-order valence-corrected chi connectivity index (χ1v) is 10.5. The quantitative estimate of drug-likeness (QED) is 0.251. The summed E-state index contributed by atoms with van der Waals surface area (Å²) >= 11 is 7.83. The molecule has 0 radical (unpaired) electrons. The molecule has 0 unspecified atom stereocenters. The second-order valence-corrected chi connectivity index (χ2v) is 7.20. The van der Waals surface area contributed by atoms with Gasteiger partial charge in [-0.1, -0.05) is 71.1 Å². The van der Waals surface area contributed by atoms with Gasteiger partial charge >= 0.3 is 0 Å². The molecule has 0 bridgehead atoms. The van der Waals surface area contributed by atoms with Crippen molar-refractivity contribution in [3.8, 4) is 5.69 Å². The molecular formula is C19H21IN4O2S. The highest BCUT2D eigenvalue weighted by Gasteiger charge is 2.19. The van der Waals surface area contributed by atoms with Gasteiger partial charge in [-0.15, -0.1) is 0 Å². The van der Waals surface area contributed by atoms with Gasteiger partial charge in [-0.25, -0.2) is 0 Å². The Hall–Kier alpha value is -1.62. The van der Waals surface area contributed by atoms with Crippen molar-refractivity contribution in [2.75, 3.05) is 11.5 Å². The summed E-state index contributed by atoms with van der Waals surface area (Å²) in [4.78, 5) is 0. The molecule has 0 N–H and O–H groups in total. The van der Waals surface area contributed by atoms with Crippen LogP contribution in [0, 0.1) is 4.77 Å². The van der Waals surface area contributed by atoms with Gasteiger partial charge in [0.1, 0.15) is 6.73 Å². The van der Waals surface area contributed by atoms with E-state index in [9.17, 15) is 0 Å². The minimum atomic E-state index is -0.116. The van der Waals surface area contributed by atoms with E-state index in [-0.39, 0.29) is 18.9 Å². The van der Waals surface area contributed by atoms with Gasteiger partial charge in [-0.2, -0.15) is 9.36 Å². The number of hydrogen-bond donors (Lipinski definition) is 0. The lowest BCUT2D eigenvalue weighted by Crippen LogP contribution is -2.19. The van der Waals surface area contributed by atoms with Crippen molar-refractivity contribution in [2.24, 2.45) is 0 Å². The van der Waals surface area contributed by atoms with Crippen LogP contribution >= 0.6 is 34.8 Å². The van der Waals surface area contributed by atoms with Crippen LogP contribution < -0.4 is 0 Å². The van der Waals surface area contributed by atoms with Crippen LogP contribution in [0.3, 0.4) is 0 Å². The van der Waals surface area contributed by atoms with Gasteiger partial charge in [0.05, 0.1) is 17.9 Å². The van der Waals surface area contributed by atoms with Crippen LogP contribution in [-0.2, 0) is 16.2 Å². The first kappa shape index (κ1) is 20.1. The van der Waals surface area contributed by atoms with Crippen LogP contribution in [0.2, 0.25) is 0 Å². The summed E-state index contributed by atoms with van der Waals surface area (Å²) < 4.78 is 16.3. The van der Waals surface area contributed by atoms with Crippen molar-refractivity contribution in [2.45, 2.75) is 25.4 Å². The Bertz CT molecular complexity index is 881. The molecule has 142 valence electrons. The van der Waals surface area contributed by atoms with Crippen LogP contribution in [0.5, 0.6) is 0 Å². The summed E-state index contributed by atoms with van der Waals surface area (Å²) in [5.74, 6) is 0. The van der Waals surface area contributed by atoms with E-state index in [4.69, 9.17) is 21.7 Å². The van der Waals surface area contributed by atoms with Crippen molar-refractivity contribution in [3.63, 3.8) is 0 Å². The van der Waals surface area contributed by atoms with Crippen molar-refractivity contribution >= 4 is 34.8 Å². The first-order chi connectivity index (χ1) is 13.2. The lowest BCUT2D eigenvalue weighted by Gasteiger charge is -2.22. The van der Waals surface area contributed by atoms with Gasteiger partial charge in [-0.3, -0.25) is 0 Å². The highest BCUT2D eigenvalue weighted by Crippen LogP contribution is 2.25. The number of hydrogen-bond acceptors (Lipinski definition) is 5. The number of benzene rings is 2. The molecule has 3 rings (SSSR count). The van der Waals surface area contributed by atoms with E-state index in [1.54, 1.807) is 16.5 Å². The van der Waals surface area contributed by atoms with Gasteiger partial charge in [0.15, 0.2) is 0 Å². The first-order valence-electron chi connectivity index (χ1n) is 8.56. The fraction of sp³-hybridized carbons (Fsp3) is 0.316. The van der Waals surface area contributed by atoms with Crippen molar-refractivity contribution in [1.82, 2.24) is 19.8 Å². The topological polar surface area (TPSA) is 54.1 Å². The zero-order valence-electron chi connectivity index (χ0n) is 14.9. The number of aromatic nitrogens is 4. The van der Waals surface area contributed by atoms with Gasteiger partial charge in [-0.05, 0) is 40.3 Å². The molecule has 0 aliphatic rings. The largest absolute Gasteiger partial charge is 0.381 e. The summed E-state index contributed by atoms with van der Waals surface area (Å²) in [6.07, 6.45) is 0.752. The number of rotatable bonds is 9. The third-order valence-corrected chi connectivity index (χ3v) is 5.56. The molecule has 0 aliphatic carbocycles. The molecule has 2 aromatic carbocycles. The molecule has 0 saturated heterocycles. The van der Waals surface area contributed by atoms with Crippen molar-refractivity contribution in [1.29, 1.82) is 0 Å². The zero-order chi connectivity index (χ0) is 19.1. The molecule has 0 fully saturated rings. The second kappa shape index (κ2) is 10.1. The summed E-state index contributed by atoms with van der Waals surface area (Å²) in [6, 6.07) is 19.8. The Morgan fingerprint density at radius 1 is 1.04 bits per heavy atom. The van der Waals surface area contributed by atoms with Crippen molar-refractivity contribution < 1.29 is 9.47 Å². The highest BCUT2D eigenvalue weighted by atomic mass is 127. The van der Waals surface area contributed by atoms with E-state index in [1.165, 1.54) is 0 Å². The predicted molar refractivity (Wildman–Crippen MR) is 115 cm³/mol. The number of para-hydroxylation sites is 1.